The van der Waals surface area contributed by atoms with Crippen molar-refractivity contribution in [1.82, 2.24) is 5.32 Å². The van der Waals surface area contributed by atoms with Gasteiger partial charge < -0.3 is 10.4 Å². The first-order valence-electron chi connectivity index (χ1n) is 8.28. The van der Waals surface area contributed by atoms with Gasteiger partial charge in [0, 0.05) is 17.0 Å². The molecule has 23 heavy (non-hydrogen) atoms. The van der Waals surface area contributed by atoms with Crippen molar-refractivity contribution in [3.05, 3.63) is 34.9 Å². The highest BCUT2D eigenvalue weighted by molar-refractivity contribution is 6.30. The summed E-state index contributed by atoms with van der Waals surface area (Å²) in [7, 11) is 0. The van der Waals surface area contributed by atoms with Crippen LogP contribution in [-0.2, 0) is 15.0 Å². The number of benzene rings is 1. The molecule has 2 unspecified atom stereocenters. The molecular formula is C18H22ClNO3. The summed E-state index contributed by atoms with van der Waals surface area (Å²) in [5, 5.41) is 12.8. The van der Waals surface area contributed by atoms with Crippen LogP contribution in [0.2, 0.25) is 5.02 Å². The van der Waals surface area contributed by atoms with Gasteiger partial charge >= 0.3 is 5.97 Å². The van der Waals surface area contributed by atoms with Crippen molar-refractivity contribution in [1.29, 1.82) is 0 Å². The molecule has 0 saturated heterocycles. The minimum Gasteiger partial charge on any atom is -0.481 e. The van der Waals surface area contributed by atoms with E-state index in [-0.39, 0.29) is 17.2 Å². The first kappa shape index (κ1) is 16.3. The molecule has 0 heterocycles. The molecule has 4 nitrogen and oxygen atoms in total. The van der Waals surface area contributed by atoms with Gasteiger partial charge in [0.15, 0.2) is 0 Å². The van der Waals surface area contributed by atoms with Gasteiger partial charge in [0.2, 0.25) is 5.91 Å². The van der Waals surface area contributed by atoms with E-state index in [4.69, 9.17) is 16.7 Å². The lowest BCUT2D eigenvalue weighted by Crippen LogP contribution is -2.47. The minimum atomic E-state index is -0.859. The van der Waals surface area contributed by atoms with Gasteiger partial charge in [-0.3, -0.25) is 9.59 Å². The molecule has 1 amide bonds. The molecule has 2 fully saturated rings. The number of amides is 1. The third-order valence-corrected chi connectivity index (χ3v) is 5.76. The molecule has 2 N–H and O–H groups in total. The summed E-state index contributed by atoms with van der Waals surface area (Å²) in [6.07, 6.45) is 5.62. The lowest BCUT2D eigenvalue weighted by atomic mass is 9.72. The smallest absolute Gasteiger partial charge is 0.307 e. The monoisotopic (exact) mass is 335 g/mol. The number of nitrogens with one attached hydrogen (secondary N) is 1. The third-order valence-electron chi connectivity index (χ3n) is 5.53. The van der Waals surface area contributed by atoms with Gasteiger partial charge in [-0.15, -0.1) is 0 Å². The Labute approximate surface area is 141 Å². The molecule has 0 aliphatic heterocycles. The number of carbonyl (C=O) groups is 2. The summed E-state index contributed by atoms with van der Waals surface area (Å²) in [6, 6.07) is 7.87. The van der Waals surface area contributed by atoms with Crippen molar-refractivity contribution in [3.63, 3.8) is 0 Å². The van der Waals surface area contributed by atoms with Gasteiger partial charge in [0.1, 0.15) is 0 Å². The van der Waals surface area contributed by atoms with E-state index in [0.29, 0.717) is 24.4 Å². The van der Waals surface area contributed by atoms with Crippen LogP contribution in [0.1, 0.15) is 44.1 Å². The fourth-order valence-electron chi connectivity index (χ4n) is 3.93. The molecule has 0 aromatic heterocycles. The van der Waals surface area contributed by atoms with Gasteiger partial charge in [0.25, 0.3) is 0 Å². The van der Waals surface area contributed by atoms with Gasteiger partial charge in [-0.25, -0.2) is 0 Å². The van der Waals surface area contributed by atoms with Crippen molar-refractivity contribution >= 4 is 23.5 Å². The highest BCUT2D eigenvalue weighted by Crippen LogP contribution is 2.42. The van der Waals surface area contributed by atoms with Gasteiger partial charge in [-0.1, -0.05) is 36.6 Å². The second kappa shape index (κ2) is 6.52. The van der Waals surface area contributed by atoms with Crippen LogP contribution >= 0.6 is 11.6 Å². The zero-order chi connectivity index (χ0) is 16.4. The van der Waals surface area contributed by atoms with Gasteiger partial charge in [-0.2, -0.15) is 0 Å². The normalized spacial score (nSPS) is 25.6. The first-order valence-corrected chi connectivity index (χ1v) is 8.66. The number of carbonyl (C=O) groups excluding carboxylic acids is 1. The van der Waals surface area contributed by atoms with Crippen LogP contribution in [0.4, 0.5) is 0 Å². The van der Waals surface area contributed by atoms with Crippen molar-refractivity contribution < 1.29 is 14.7 Å². The number of carboxylic acids is 1. The van der Waals surface area contributed by atoms with E-state index in [0.717, 1.165) is 25.7 Å². The highest BCUT2D eigenvalue weighted by atomic mass is 35.5. The summed E-state index contributed by atoms with van der Waals surface area (Å²) >= 11 is 6.13. The maximum Gasteiger partial charge on any atom is 0.307 e. The van der Waals surface area contributed by atoms with E-state index in [9.17, 15) is 9.59 Å². The average Bonchev–Trinajstić information content (AvgIpc) is 2.93. The lowest BCUT2D eigenvalue weighted by molar-refractivity contribution is -0.152. The average molecular weight is 336 g/mol. The van der Waals surface area contributed by atoms with Crippen LogP contribution in [-0.4, -0.2) is 23.5 Å². The Kier molecular flexibility index (Phi) is 4.62. The number of hydrogen-bond acceptors (Lipinski definition) is 2. The first-order chi connectivity index (χ1) is 11.0. The van der Waals surface area contributed by atoms with Crippen LogP contribution < -0.4 is 5.32 Å². The van der Waals surface area contributed by atoms with Crippen LogP contribution in [0.15, 0.2) is 24.3 Å². The highest BCUT2D eigenvalue weighted by Gasteiger charge is 2.42. The molecule has 2 atom stereocenters. The van der Waals surface area contributed by atoms with Crippen molar-refractivity contribution in [2.45, 2.75) is 43.9 Å². The summed E-state index contributed by atoms with van der Waals surface area (Å²) in [6.45, 7) is 0.564. The number of aliphatic carboxylic acids is 1. The molecule has 1 aromatic carbocycles. The van der Waals surface area contributed by atoms with Crippen LogP contribution in [0.3, 0.4) is 0 Å². The van der Waals surface area contributed by atoms with E-state index in [1.807, 2.05) is 18.2 Å². The standard InChI is InChI=1S/C18H22ClNO3/c19-13-5-3-4-12(10-13)18(8-1-2-9-18)11-20-16(21)14-6-7-15(14)17(22)23/h3-5,10,14-15H,1-2,6-9,11H2,(H,20,21)(H,22,23). The molecule has 0 spiro atoms. The minimum absolute atomic E-state index is 0.0664. The fourth-order valence-corrected chi connectivity index (χ4v) is 4.12. The zero-order valence-electron chi connectivity index (χ0n) is 13.1. The summed E-state index contributed by atoms with van der Waals surface area (Å²) in [4.78, 5) is 23.4. The van der Waals surface area contributed by atoms with E-state index < -0.39 is 11.9 Å². The van der Waals surface area contributed by atoms with Gasteiger partial charge in [0.05, 0.1) is 11.8 Å². The Morgan fingerprint density at radius 2 is 1.91 bits per heavy atom. The van der Waals surface area contributed by atoms with Crippen LogP contribution in [0.25, 0.3) is 0 Å². The molecule has 0 bridgehead atoms. The number of carboxylic acid groups (broad SMARTS) is 1. The van der Waals surface area contributed by atoms with E-state index in [1.165, 1.54) is 5.56 Å². The SMILES string of the molecule is O=C(O)C1CCC1C(=O)NCC1(c2cccc(Cl)c2)CCCC1. The van der Waals surface area contributed by atoms with E-state index >= 15 is 0 Å². The maximum atomic E-state index is 12.3. The van der Waals surface area contributed by atoms with Crippen LogP contribution in [0, 0.1) is 11.8 Å². The number of hydrogen-bond donors (Lipinski definition) is 2. The topological polar surface area (TPSA) is 66.4 Å². The second-order valence-corrected chi connectivity index (χ2v) is 7.28. The predicted molar refractivity (Wildman–Crippen MR) is 88.5 cm³/mol. The molecule has 1 aromatic rings. The van der Waals surface area contributed by atoms with Crippen LogP contribution in [0.5, 0.6) is 0 Å². The van der Waals surface area contributed by atoms with E-state index in [2.05, 4.69) is 11.4 Å². The maximum absolute atomic E-state index is 12.3. The lowest BCUT2D eigenvalue weighted by Gasteiger charge is -2.35. The quantitative estimate of drug-likeness (QED) is 0.866. The second-order valence-electron chi connectivity index (χ2n) is 6.84. The van der Waals surface area contributed by atoms with Crippen molar-refractivity contribution in [3.8, 4) is 0 Å². The summed E-state index contributed by atoms with van der Waals surface area (Å²) in [5.74, 6) is -1.86. The largest absolute Gasteiger partial charge is 0.481 e. The van der Waals surface area contributed by atoms with E-state index in [1.54, 1.807) is 0 Å². The Morgan fingerprint density at radius 3 is 2.48 bits per heavy atom. The molecule has 2 aliphatic carbocycles. The summed E-state index contributed by atoms with van der Waals surface area (Å²) < 4.78 is 0. The summed E-state index contributed by atoms with van der Waals surface area (Å²) in [5.41, 5.74) is 1.11. The Bertz CT molecular complexity index is 610. The zero-order valence-corrected chi connectivity index (χ0v) is 13.8. The molecular weight excluding hydrogens is 314 g/mol. The molecule has 2 aliphatic rings. The molecule has 5 heteroatoms. The van der Waals surface area contributed by atoms with Crippen molar-refractivity contribution in [2.24, 2.45) is 11.8 Å². The number of halogens is 1. The molecule has 3 rings (SSSR count). The third kappa shape index (κ3) is 3.23. The van der Waals surface area contributed by atoms with Gasteiger partial charge in [-0.05, 0) is 43.4 Å². The fraction of sp³-hybridized carbons (Fsp3) is 0.556. The molecule has 124 valence electrons. The Hall–Kier alpha value is -1.55. The van der Waals surface area contributed by atoms with Crippen molar-refractivity contribution in [2.75, 3.05) is 6.54 Å². The Balaban J connectivity index is 1.69. The predicted octanol–water partition coefficient (Wildman–Crippen LogP) is 3.38. The number of rotatable bonds is 5. The Morgan fingerprint density at radius 1 is 1.22 bits per heavy atom. The molecule has 2 saturated carbocycles. The molecule has 0 radical (unpaired) electrons.